The first-order chi connectivity index (χ1) is 9.25. The summed E-state index contributed by atoms with van der Waals surface area (Å²) in [6.45, 7) is 0. The number of benzene rings is 2. The van der Waals surface area contributed by atoms with Crippen LogP contribution in [0.25, 0.3) is 0 Å². The van der Waals surface area contributed by atoms with Crippen molar-refractivity contribution >= 4 is 17.7 Å². The minimum Gasteiger partial charge on any atom is -0.321 e. The van der Waals surface area contributed by atoms with Crippen LogP contribution in [0.15, 0.2) is 60.7 Å². The molecule has 2 aromatic rings. The SMILES string of the molecule is O=C(Nc1ccccc1)ONC(=O)c1ccccc1. The first-order valence-electron chi connectivity index (χ1n) is 5.64. The molecule has 0 atom stereocenters. The molecule has 0 aliphatic carbocycles. The van der Waals surface area contributed by atoms with Gasteiger partial charge < -0.3 is 4.84 Å². The number of carbonyl (C=O) groups is 2. The number of hydroxylamine groups is 1. The van der Waals surface area contributed by atoms with E-state index in [0.29, 0.717) is 11.3 Å². The van der Waals surface area contributed by atoms with Gasteiger partial charge in [0.05, 0.1) is 0 Å². The van der Waals surface area contributed by atoms with Crippen LogP contribution in [0.5, 0.6) is 0 Å². The Hall–Kier alpha value is -2.82. The number of nitrogens with one attached hydrogen (secondary N) is 2. The van der Waals surface area contributed by atoms with Crippen molar-refractivity contribution in [3.05, 3.63) is 66.2 Å². The van der Waals surface area contributed by atoms with E-state index in [0.717, 1.165) is 0 Å². The molecular formula is C14H12N2O3. The maximum atomic E-state index is 11.6. The second-order valence-corrected chi connectivity index (χ2v) is 3.68. The summed E-state index contributed by atoms with van der Waals surface area (Å²) < 4.78 is 0. The van der Waals surface area contributed by atoms with Gasteiger partial charge in [-0.25, -0.2) is 4.79 Å². The number of para-hydroxylation sites is 1. The molecule has 0 aromatic heterocycles. The summed E-state index contributed by atoms with van der Waals surface area (Å²) in [5, 5.41) is 2.47. The second-order valence-electron chi connectivity index (χ2n) is 3.68. The number of anilines is 1. The predicted octanol–water partition coefficient (Wildman–Crippen LogP) is 2.58. The molecule has 0 fully saturated rings. The molecule has 2 aromatic carbocycles. The summed E-state index contributed by atoms with van der Waals surface area (Å²) in [6, 6.07) is 17.3. The smallest absolute Gasteiger partial charge is 0.321 e. The minimum absolute atomic E-state index is 0.412. The van der Waals surface area contributed by atoms with Crippen molar-refractivity contribution in [1.82, 2.24) is 5.48 Å². The number of hydrogen-bond acceptors (Lipinski definition) is 3. The third kappa shape index (κ3) is 3.85. The molecule has 0 aliphatic rings. The van der Waals surface area contributed by atoms with Crippen molar-refractivity contribution in [2.24, 2.45) is 0 Å². The van der Waals surface area contributed by atoms with Gasteiger partial charge in [0.25, 0.3) is 5.91 Å². The van der Waals surface area contributed by atoms with Gasteiger partial charge in [0.15, 0.2) is 0 Å². The van der Waals surface area contributed by atoms with Gasteiger partial charge in [0.1, 0.15) is 0 Å². The van der Waals surface area contributed by atoms with Crippen molar-refractivity contribution in [3.63, 3.8) is 0 Å². The fraction of sp³-hybridized carbons (Fsp3) is 0. The summed E-state index contributed by atoms with van der Waals surface area (Å²) >= 11 is 0. The maximum Gasteiger partial charge on any atom is 0.436 e. The van der Waals surface area contributed by atoms with Crippen LogP contribution in [0, 0.1) is 0 Å². The Morgan fingerprint density at radius 3 is 2.05 bits per heavy atom. The van der Waals surface area contributed by atoms with Crippen molar-refractivity contribution < 1.29 is 14.4 Å². The number of amides is 2. The fourth-order valence-electron chi connectivity index (χ4n) is 1.41. The average Bonchev–Trinajstić information content (AvgIpc) is 2.47. The molecule has 0 spiro atoms. The van der Waals surface area contributed by atoms with Crippen LogP contribution in [0.2, 0.25) is 0 Å². The quantitative estimate of drug-likeness (QED) is 0.811. The van der Waals surface area contributed by atoms with Crippen LogP contribution in [0.3, 0.4) is 0 Å². The van der Waals surface area contributed by atoms with Crippen LogP contribution < -0.4 is 10.8 Å². The Morgan fingerprint density at radius 1 is 0.842 bits per heavy atom. The van der Waals surface area contributed by atoms with E-state index >= 15 is 0 Å². The normalized spacial score (nSPS) is 9.47. The highest BCUT2D eigenvalue weighted by molar-refractivity contribution is 5.94. The Labute approximate surface area is 110 Å². The molecule has 2 rings (SSSR count). The molecule has 0 aliphatic heterocycles. The highest BCUT2D eigenvalue weighted by atomic mass is 16.7. The molecule has 0 heterocycles. The Morgan fingerprint density at radius 2 is 1.42 bits per heavy atom. The molecule has 19 heavy (non-hydrogen) atoms. The van der Waals surface area contributed by atoms with E-state index in [2.05, 4.69) is 15.6 Å². The van der Waals surface area contributed by atoms with E-state index in [1.165, 1.54) is 0 Å². The molecule has 96 valence electrons. The lowest BCUT2D eigenvalue weighted by Gasteiger charge is -2.07. The molecule has 0 saturated carbocycles. The molecular weight excluding hydrogens is 244 g/mol. The van der Waals surface area contributed by atoms with Crippen LogP contribution >= 0.6 is 0 Å². The van der Waals surface area contributed by atoms with E-state index in [4.69, 9.17) is 0 Å². The fourth-order valence-corrected chi connectivity index (χ4v) is 1.41. The predicted molar refractivity (Wildman–Crippen MR) is 70.5 cm³/mol. The Bertz CT molecular complexity index is 555. The van der Waals surface area contributed by atoms with Gasteiger partial charge in [-0.15, -0.1) is 0 Å². The first-order valence-corrected chi connectivity index (χ1v) is 5.64. The lowest BCUT2D eigenvalue weighted by atomic mass is 10.2. The molecule has 5 heteroatoms. The van der Waals surface area contributed by atoms with Crippen molar-refractivity contribution in [2.75, 3.05) is 5.32 Å². The standard InChI is InChI=1S/C14H12N2O3/c17-13(11-7-3-1-4-8-11)16-19-14(18)15-12-9-5-2-6-10-12/h1-10H,(H,15,18)(H,16,17). The lowest BCUT2D eigenvalue weighted by Crippen LogP contribution is -2.29. The van der Waals surface area contributed by atoms with Gasteiger partial charge in [-0.1, -0.05) is 36.4 Å². The summed E-state index contributed by atoms with van der Waals surface area (Å²) in [6.07, 6.45) is -0.754. The zero-order chi connectivity index (χ0) is 13.5. The van der Waals surface area contributed by atoms with Crippen LogP contribution in [0.4, 0.5) is 10.5 Å². The van der Waals surface area contributed by atoms with Crippen LogP contribution in [-0.4, -0.2) is 12.0 Å². The highest BCUT2D eigenvalue weighted by Gasteiger charge is 2.08. The van der Waals surface area contributed by atoms with Gasteiger partial charge >= 0.3 is 6.09 Å². The van der Waals surface area contributed by atoms with Gasteiger partial charge in [-0.3, -0.25) is 10.1 Å². The molecule has 0 bridgehead atoms. The summed E-state index contributed by atoms with van der Waals surface area (Å²) in [4.78, 5) is 27.6. The third-order valence-corrected chi connectivity index (χ3v) is 2.29. The van der Waals surface area contributed by atoms with Crippen molar-refractivity contribution in [3.8, 4) is 0 Å². The van der Waals surface area contributed by atoms with Gasteiger partial charge in [0, 0.05) is 11.3 Å². The van der Waals surface area contributed by atoms with E-state index in [9.17, 15) is 9.59 Å². The maximum absolute atomic E-state index is 11.6. The van der Waals surface area contributed by atoms with Crippen molar-refractivity contribution in [1.29, 1.82) is 0 Å². The summed E-state index contributed by atoms with van der Waals surface area (Å²) in [5.74, 6) is -0.483. The van der Waals surface area contributed by atoms with Gasteiger partial charge in [-0.2, -0.15) is 5.48 Å². The summed E-state index contributed by atoms with van der Waals surface area (Å²) in [7, 11) is 0. The molecule has 5 nitrogen and oxygen atoms in total. The number of hydrogen-bond donors (Lipinski definition) is 2. The average molecular weight is 256 g/mol. The van der Waals surface area contributed by atoms with Crippen LogP contribution in [0.1, 0.15) is 10.4 Å². The van der Waals surface area contributed by atoms with E-state index in [-0.39, 0.29) is 0 Å². The lowest BCUT2D eigenvalue weighted by molar-refractivity contribution is 0.0615. The Kier molecular flexibility index (Phi) is 4.12. The minimum atomic E-state index is -0.754. The van der Waals surface area contributed by atoms with E-state index < -0.39 is 12.0 Å². The topological polar surface area (TPSA) is 67.4 Å². The van der Waals surface area contributed by atoms with E-state index in [1.54, 1.807) is 54.6 Å². The zero-order valence-electron chi connectivity index (χ0n) is 10.00. The molecule has 0 radical (unpaired) electrons. The highest BCUT2D eigenvalue weighted by Crippen LogP contribution is 2.05. The Balaban J connectivity index is 1.83. The molecule has 2 N–H and O–H groups in total. The third-order valence-electron chi connectivity index (χ3n) is 2.29. The van der Waals surface area contributed by atoms with Crippen molar-refractivity contribution in [2.45, 2.75) is 0 Å². The van der Waals surface area contributed by atoms with Gasteiger partial charge in [-0.05, 0) is 24.3 Å². The van der Waals surface area contributed by atoms with Gasteiger partial charge in [0.2, 0.25) is 0 Å². The molecule has 0 saturated heterocycles. The summed E-state index contributed by atoms with van der Waals surface area (Å²) in [5.41, 5.74) is 3.06. The first kappa shape index (κ1) is 12.6. The second kappa shape index (κ2) is 6.20. The number of carbonyl (C=O) groups excluding carboxylic acids is 2. The molecule has 0 unspecified atom stereocenters. The zero-order valence-corrected chi connectivity index (χ0v) is 10.00. The molecule has 2 amide bonds. The van der Waals surface area contributed by atoms with Crippen LogP contribution in [-0.2, 0) is 4.84 Å². The largest absolute Gasteiger partial charge is 0.436 e. The monoisotopic (exact) mass is 256 g/mol. The number of rotatable bonds is 2. The van der Waals surface area contributed by atoms with E-state index in [1.807, 2.05) is 6.07 Å².